The fourth-order valence-electron chi connectivity index (χ4n) is 3.84. The summed E-state index contributed by atoms with van der Waals surface area (Å²) in [6.07, 6.45) is 0.987. The zero-order valence-electron chi connectivity index (χ0n) is 21.3. The zero-order valence-corrected chi connectivity index (χ0v) is 22.9. The van der Waals surface area contributed by atoms with E-state index in [2.05, 4.69) is 26.6 Å². The van der Waals surface area contributed by atoms with Crippen molar-refractivity contribution in [1.29, 1.82) is 0 Å². The number of fused-ring (bicyclic) bond motifs is 3. The van der Waals surface area contributed by atoms with Crippen molar-refractivity contribution in [3.63, 3.8) is 0 Å². The second-order valence-corrected chi connectivity index (χ2v) is 12.5. The molecule has 2 heterocycles. The molecule has 0 unspecified atom stereocenters. The standard InChI is InChI=1S/C23H39N5O5S2/c1-7-13(6)18-23(33)26-15-9-34-35-10-16(25-20(15)30)21(31)27-17(12(4)5)22(32)24-14(8-11(2)3)19(29)28-18/h11-18H,7-10H2,1-6H3,(H,24,32)(H,25,30)(H,26,33)(H,27,31)(H,28,29)/t13-,14-,15-,16-,17+,18+/m1/s1. The van der Waals surface area contributed by atoms with Gasteiger partial charge in [0, 0.05) is 11.5 Å². The fourth-order valence-corrected chi connectivity index (χ4v) is 6.17. The molecule has 0 aromatic heterocycles. The molecule has 0 aliphatic carbocycles. The number of carbonyl (C=O) groups excluding carboxylic acids is 5. The van der Waals surface area contributed by atoms with Crippen molar-refractivity contribution >= 4 is 51.1 Å². The van der Waals surface area contributed by atoms with Crippen molar-refractivity contribution < 1.29 is 24.0 Å². The third-order valence-electron chi connectivity index (χ3n) is 6.20. The van der Waals surface area contributed by atoms with Gasteiger partial charge in [-0.3, -0.25) is 24.0 Å². The third kappa shape index (κ3) is 8.30. The Balaban J connectivity index is 2.49. The van der Waals surface area contributed by atoms with Gasteiger partial charge in [0.2, 0.25) is 29.5 Å². The first kappa shape index (κ1) is 29.3. The molecular weight excluding hydrogens is 490 g/mol. The molecular formula is C23H39N5O5S2. The molecule has 35 heavy (non-hydrogen) atoms. The molecule has 5 N–H and O–H groups in total. The van der Waals surface area contributed by atoms with Crippen LogP contribution in [-0.4, -0.2) is 71.3 Å². The molecule has 10 nitrogen and oxygen atoms in total. The first-order valence-corrected chi connectivity index (χ1v) is 14.7. The summed E-state index contributed by atoms with van der Waals surface area (Å²) in [6, 6.07) is -4.38. The zero-order chi connectivity index (χ0) is 26.3. The Morgan fingerprint density at radius 1 is 0.686 bits per heavy atom. The van der Waals surface area contributed by atoms with Crippen LogP contribution in [0.1, 0.15) is 54.4 Å². The number of hydrogen-bond donors (Lipinski definition) is 5. The quantitative estimate of drug-likeness (QED) is 0.327. The molecule has 0 radical (unpaired) electrons. The molecule has 0 aromatic carbocycles. The average Bonchev–Trinajstić information content (AvgIpc) is 2.77. The molecule has 2 bridgehead atoms. The van der Waals surface area contributed by atoms with Crippen molar-refractivity contribution in [3.05, 3.63) is 0 Å². The molecule has 0 spiro atoms. The maximum Gasteiger partial charge on any atom is 0.244 e. The predicted octanol–water partition coefficient (Wildman–Crippen LogP) is 0.567. The van der Waals surface area contributed by atoms with Crippen LogP contribution >= 0.6 is 21.6 Å². The topological polar surface area (TPSA) is 146 Å². The number of carbonyl (C=O) groups is 5. The summed E-state index contributed by atoms with van der Waals surface area (Å²) in [5, 5.41) is 13.9. The molecule has 198 valence electrons. The Kier molecular flexibility index (Phi) is 11.2. The molecule has 2 saturated heterocycles. The minimum absolute atomic E-state index is 0.0924. The highest BCUT2D eigenvalue weighted by molar-refractivity contribution is 8.76. The first-order chi connectivity index (χ1) is 16.4. The Morgan fingerprint density at radius 3 is 1.69 bits per heavy atom. The van der Waals surface area contributed by atoms with Gasteiger partial charge in [0.05, 0.1) is 0 Å². The highest BCUT2D eigenvalue weighted by atomic mass is 33.1. The van der Waals surface area contributed by atoms with Crippen molar-refractivity contribution in [1.82, 2.24) is 26.6 Å². The van der Waals surface area contributed by atoms with Crippen LogP contribution in [0.3, 0.4) is 0 Å². The van der Waals surface area contributed by atoms with Crippen LogP contribution in [-0.2, 0) is 24.0 Å². The van der Waals surface area contributed by atoms with Gasteiger partial charge in [-0.2, -0.15) is 0 Å². The lowest BCUT2D eigenvalue weighted by molar-refractivity contribution is -0.135. The van der Waals surface area contributed by atoms with Crippen LogP contribution in [0, 0.1) is 17.8 Å². The van der Waals surface area contributed by atoms with E-state index in [1.165, 1.54) is 21.6 Å². The summed E-state index contributed by atoms with van der Waals surface area (Å²) in [7, 11) is 2.80. The van der Waals surface area contributed by atoms with Gasteiger partial charge in [-0.15, -0.1) is 0 Å². The van der Waals surface area contributed by atoms with Gasteiger partial charge in [-0.1, -0.05) is 69.6 Å². The van der Waals surface area contributed by atoms with Crippen molar-refractivity contribution in [2.24, 2.45) is 17.8 Å². The van der Waals surface area contributed by atoms with Gasteiger partial charge >= 0.3 is 0 Å². The van der Waals surface area contributed by atoms with Crippen LogP contribution in [0.5, 0.6) is 0 Å². The number of amides is 5. The number of nitrogens with one attached hydrogen (secondary N) is 5. The van der Waals surface area contributed by atoms with Crippen molar-refractivity contribution in [2.45, 2.75) is 84.6 Å². The van der Waals surface area contributed by atoms with Gasteiger partial charge in [0.25, 0.3) is 0 Å². The lowest BCUT2D eigenvalue weighted by atomic mass is 9.96. The third-order valence-corrected chi connectivity index (χ3v) is 8.62. The van der Waals surface area contributed by atoms with E-state index in [9.17, 15) is 24.0 Å². The van der Waals surface area contributed by atoms with Crippen molar-refractivity contribution in [3.8, 4) is 0 Å². The van der Waals surface area contributed by atoms with E-state index in [1.54, 1.807) is 13.8 Å². The van der Waals surface area contributed by atoms with Crippen LogP contribution < -0.4 is 26.6 Å². The van der Waals surface area contributed by atoms with Gasteiger partial charge in [-0.25, -0.2) is 0 Å². The van der Waals surface area contributed by atoms with Gasteiger partial charge in [-0.05, 0) is 24.2 Å². The predicted molar refractivity (Wildman–Crippen MR) is 138 cm³/mol. The molecule has 12 heteroatoms. The highest BCUT2D eigenvalue weighted by Gasteiger charge is 2.37. The molecule has 5 amide bonds. The number of rotatable bonds is 5. The monoisotopic (exact) mass is 529 g/mol. The summed E-state index contributed by atoms with van der Waals surface area (Å²) in [5.41, 5.74) is 0. The van der Waals surface area contributed by atoms with Crippen LogP contribution in [0.2, 0.25) is 0 Å². The Hall–Kier alpha value is -1.95. The summed E-state index contributed by atoms with van der Waals surface area (Å²) in [4.78, 5) is 65.8. The SMILES string of the molecule is CC[C@@H](C)[C@@H]1NC(=O)[C@@H](CC(C)C)NC(=O)[C@H](C(C)C)NC(=O)[C@H]2CSSC[C@@H](NC1=O)C(=O)N2. The lowest BCUT2D eigenvalue weighted by Crippen LogP contribution is -2.60. The molecule has 0 saturated carbocycles. The second kappa shape index (κ2) is 13.4. The Labute approximate surface area is 215 Å². The highest BCUT2D eigenvalue weighted by Crippen LogP contribution is 2.25. The van der Waals surface area contributed by atoms with Crippen LogP contribution in [0.25, 0.3) is 0 Å². The minimum atomic E-state index is -0.893. The van der Waals surface area contributed by atoms with E-state index in [0.29, 0.717) is 24.3 Å². The van der Waals surface area contributed by atoms with E-state index < -0.39 is 59.7 Å². The molecule has 2 fully saturated rings. The summed E-state index contributed by atoms with van der Waals surface area (Å²) in [6.45, 7) is 11.2. The molecule has 2 aliphatic heterocycles. The summed E-state index contributed by atoms with van der Waals surface area (Å²) >= 11 is 0. The maximum atomic E-state index is 13.3. The first-order valence-electron chi connectivity index (χ1n) is 12.2. The summed E-state index contributed by atoms with van der Waals surface area (Å²) in [5.74, 6) is -2.10. The van der Waals surface area contributed by atoms with Crippen LogP contribution in [0.15, 0.2) is 0 Å². The van der Waals surface area contributed by atoms with Gasteiger partial charge < -0.3 is 26.6 Å². The minimum Gasteiger partial charge on any atom is -0.343 e. The second-order valence-electron chi connectivity index (χ2n) is 9.98. The lowest BCUT2D eigenvalue weighted by Gasteiger charge is -2.29. The van der Waals surface area contributed by atoms with Gasteiger partial charge in [0.1, 0.15) is 30.2 Å². The van der Waals surface area contributed by atoms with Crippen molar-refractivity contribution in [2.75, 3.05) is 11.5 Å². The molecule has 2 aliphatic rings. The molecule has 2 rings (SSSR count). The number of hydrogen-bond acceptors (Lipinski definition) is 7. The molecule has 0 aromatic rings. The maximum absolute atomic E-state index is 13.3. The Morgan fingerprint density at radius 2 is 1.17 bits per heavy atom. The van der Waals surface area contributed by atoms with E-state index in [1.807, 2.05) is 27.7 Å². The smallest absolute Gasteiger partial charge is 0.244 e. The fraction of sp³-hybridized carbons (Fsp3) is 0.783. The van der Waals surface area contributed by atoms with Crippen LogP contribution in [0.4, 0.5) is 0 Å². The molecule has 6 atom stereocenters. The average molecular weight is 530 g/mol. The summed E-state index contributed by atoms with van der Waals surface area (Å²) < 4.78 is 0. The Bertz CT molecular complexity index is 809. The van der Waals surface area contributed by atoms with E-state index in [-0.39, 0.29) is 17.8 Å². The van der Waals surface area contributed by atoms with Gasteiger partial charge in [0.15, 0.2) is 0 Å². The normalized spacial score (nSPS) is 30.2. The van der Waals surface area contributed by atoms with E-state index >= 15 is 0 Å². The van der Waals surface area contributed by atoms with E-state index in [4.69, 9.17) is 0 Å². The largest absolute Gasteiger partial charge is 0.343 e. The van der Waals surface area contributed by atoms with E-state index in [0.717, 1.165) is 0 Å².